The second-order valence-electron chi connectivity index (χ2n) is 5.05. The number of hydrogen-bond acceptors (Lipinski definition) is 0. The summed E-state index contributed by atoms with van der Waals surface area (Å²) in [5, 5.41) is 2.06. The second kappa shape index (κ2) is 5.41. The third kappa shape index (κ3) is 2.00. The van der Waals surface area contributed by atoms with E-state index >= 15 is 0 Å². The SMILES string of the molecule is BrCCC1(CCBr)c2ccccc2-c2ccccc21. The summed E-state index contributed by atoms with van der Waals surface area (Å²) in [5.74, 6) is 0. The molecule has 0 heterocycles. The Labute approximate surface area is 131 Å². The lowest BCUT2D eigenvalue weighted by molar-refractivity contribution is 0.501. The molecule has 2 aromatic carbocycles. The van der Waals surface area contributed by atoms with Crippen molar-refractivity contribution in [3.8, 4) is 11.1 Å². The van der Waals surface area contributed by atoms with E-state index in [2.05, 4.69) is 80.4 Å². The van der Waals surface area contributed by atoms with Gasteiger partial charge in [-0.1, -0.05) is 80.4 Å². The fourth-order valence-corrected chi connectivity index (χ4v) is 4.76. The summed E-state index contributed by atoms with van der Waals surface area (Å²) in [4.78, 5) is 0. The quantitative estimate of drug-likeness (QED) is 0.613. The first-order valence-electron chi connectivity index (χ1n) is 6.65. The van der Waals surface area contributed by atoms with Crippen LogP contribution < -0.4 is 0 Å². The average Bonchev–Trinajstić information content (AvgIpc) is 2.72. The molecule has 3 rings (SSSR count). The van der Waals surface area contributed by atoms with E-state index in [-0.39, 0.29) is 5.41 Å². The molecule has 0 unspecified atom stereocenters. The average molecular weight is 380 g/mol. The van der Waals surface area contributed by atoms with E-state index in [1.807, 2.05) is 0 Å². The maximum absolute atomic E-state index is 3.65. The normalized spacial score (nSPS) is 15.1. The minimum absolute atomic E-state index is 0.167. The monoisotopic (exact) mass is 378 g/mol. The highest BCUT2D eigenvalue weighted by Gasteiger charge is 2.41. The summed E-state index contributed by atoms with van der Waals surface area (Å²) >= 11 is 7.31. The van der Waals surface area contributed by atoms with E-state index in [9.17, 15) is 0 Å². The largest absolute Gasteiger partial charge is 0.0928 e. The van der Waals surface area contributed by atoms with E-state index in [1.165, 1.54) is 22.3 Å². The van der Waals surface area contributed by atoms with Gasteiger partial charge in [0.15, 0.2) is 0 Å². The number of halogens is 2. The maximum atomic E-state index is 3.65. The molecule has 0 nitrogen and oxygen atoms in total. The Morgan fingerprint density at radius 2 is 1.11 bits per heavy atom. The summed E-state index contributed by atoms with van der Waals surface area (Å²) in [6.45, 7) is 0. The maximum Gasteiger partial charge on any atom is 0.0231 e. The third-order valence-corrected chi connectivity index (χ3v) is 5.01. The van der Waals surface area contributed by atoms with Crippen molar-refractivity contribution in [3.63, 3.8) is 0 Å². The predicted molar refractivity (Wildman–Crippen MR) is 89.5 cm³/mol. The molecule has 0 aliphatic heterocycles. The number of alkyl halides is 2. The van der Waals surface area contributed by atoms with Gasteiger partial charge in [0.05, 0.1) is 0 Å². The summed E-state index contributed by atoms with van der Waals surface area (Å²) in [7, 11) is 0. The van der Waals surface area contributed by atoms with Gasteiger partial charge in [-0.05, 0) is 35.1 Å². The Hall–Kier alpha value is -0.600. The number of rotatable bonds is 4. The molecule has 0 bridgehead atoms. The Balaban J connectivity index is 2.28. The molecule has 0 saturated heterocycles. The van der Waals surface area contributed by atoms with E-state index in [0.717, 1.165) is 23.5 Å². The zero-order valence-electron chi connectivity index (χ0n) is 10.7. The van der Waals surface area contributed by atoms with E-state index < -0.39 is 0 Å². The van der Waals surface area contributed by atoms with Crippen LogP contribution in [0, 0.1) is 0 Å². The first-order chi connectivity index (χ1) is 9.33. The third-order valence-electron chi connectivity index (χ3n) is 4.22. The fourth-order valence-electron chi connectivity index (χ4n) is 3.40. The zero-order chi connectivity index (χ0) is 13.3. The topological polar surface area (TPSA) is 0 Å². The molecule has 0 atom stereocenters. The molecule has 0 amide bonds. The Morgan fingerprint density at radius 3 is 1.53 bits per heavy atom. The van der Waals surface area contributed by atoms with Gasteiger partial charge >= 0.3 is 0 Å². The van der Waals surface area contributed by atoms with Gasteiger partial charge < -0.3 is 0 Å². The van der Waals surface area contributed by atoms with Crippen LogP contribution >= 0.6 is 31.9 Å². The smallest absolute Gasteiger partial charge is 0.0231 e. The van der Waals surface area contributed by atoms with Gasteiger partial charge in [0.25, 0.3) is 0 Å². The molecule has 2 aromatic rings. The summed E-state index contributed by atoms with van der Waals surface area (Å²) in [6, 6.07) is 17.8. The molecular weight excluding hydrogens is 364 g/mol. The van der Waals surface area contributed by atoms with E-state index in [1.54, 1.807) is 0 Å². The Morgan fingerprint density at radius 1 is 0.684 bits per heavy atom. The van der Waals surface area contributed by atoms with Crippen LogP contribution in [0.3, 0.4) is 0 Å². The van der Waals surface area contributed by atoms with Crippen LogP contribution in [-0.2, 0) is 5.41 Å². The first kappa shape index (κ1) is 13.4. The van der Waals surface area contributed by atoms with E-state index in [4.69, 9.17) is 0 Å². The molecule has 1 aliphatic carbocycles. The van der Waals surface area contributed by atoms with Crippen LogP contribution in [0.25, 0.3) is 11.1 Å². The molecule has 2 heteroatoms. The lowest BCUT2D eigenvalue weighted by Gasteiger charge is -2.31. The molecule has 0 fully saturated rings. The molecule has 0 saturated carbocycles. The summed E-state index contributed by atoms with van der Waals surface area (Å²) in [6.07, 6.45) is 2.29. The van der Waals surface area contributed by atoms with Crippen LogP contribution in [0.5, 0.6) is 0 Å². The molecule has 0 aromatic heterocycles. The molecule has 1 aliphatic rings. The first-order valence-corrected chi connectivity index (χ1v) is 8.89. The van der Waals surface area contributed by atoms with Gasteiger partial charge in [0, 0.05) is 16.1 Å². The van der Waals surface area contributed by atoms with Gasteiger partial charge in [-0.15, -0.1) is 0 Å². The van der Waals surface area contributed by atoms with Gasteiger partial charge in [-0.25, -0.2) is 0 Å². The Kier molecular flexibility index (Phi) is 3.81. The standard InChI is InChI=1S/C17H16Br2/c18-11-9-17(10-12-19)15-7-3-1-5-13(15)14-6-2-4-8-16(14)17/h1-8H,9-12H2. The van der Waals surface area contributed by atoms with Crippen molar-refractivity contribution in [2.45, 2.75) is 18.3 Å². The minimum Gasteiger partial charge on any atom is -0.0928 e. The molecule has 19 heavy (non-hydrogen) atoms. The fraction of sp³-hybridized carbons (Fsp3) is 0.294. The zero-order valence-corrected chi connectivity index (χ0v) is 13.9. The number of fused-ring (bicyclic) bond motifs is 3. The van der Waals surface area contributed by atoms with Crippen LogP contribution in [0.15, 0.2) is 48.5 Å². The lowest BCUT2D eigenvalue weighted by Crippen LogP contribution is -2.26. The van der Waals surface area contributed by atoms with Crippen molar-refractivity contribution >= 4 is 31.9 Å². The highest BCUT2D eigenvalue weighted by Crippen LogP contribution is 2.52. The molecule has 0 radical (unpaired) electrons. The van der Waals surface area contributed by atoms with Crippen molar-refractivity contribution < 1.29 is 0 Å². The highest BCUT2D eigenvalue weighted by atomic mass is 79.9. The molecule has 98 valence electrons. The van der Waals surface area contributed by atoms with Crippen molar-refractivity contribution in [1.82, 2.24) is 0 Å². The number of hydrogen-bond donors (Lipinski definition) is 0. The number of benzene rings is 2. The van der Waals surface area contributed by atoms with Crippen LogP contribution in [0.4, 0.5) is 0 Å². The molecule has 0 spiro atoms. The molecular formula is C17H16Br2. The minimum atomic E-state index is 0.167. The van der Waals surface area contributed by atoms with E-state index in [0.29, 0.717) is 0 Å². The Bertz CT molecular complexity index is 536. The van der Waals surface area contributed by atoms with Crippen molar-refractivity contribution in [3.05, 3.63) is 59.7 Å². The lowest BCUT2D eigenvalue weighted by atomic mass is 9.74. The van der Waals surface area contributed by atoms with Crippen molar-refractivity contribution in [1.29, 1.82) is 0 Å². The highest BCUT2D eigenvalue weighted by molar-refractivity contribution is 9.09. The van der Waals surface area contributed by atoms with Crippen LogP contribution in [0.2, 0.25) is 0 Å². The second-order valence-corrected chi connectivity index (χ2v) is 6.64. The van der Waals surface area contributed by atoms with Gasteiger partial charge in [0.1, 0.15) is 0 Å². The van der Waals surface area contributed by atoms with Crippen molar-refractivity contribution in [2.24, 2.45) is 0 Å². The van der Waals surface area contributed by atoms with Crippen LogP contribution in [-0.4, -0.2) is 10.7 Å². The van der Waals surface area contributed by atoms with Crippen molar-refractivity contribution in [2.75, 3.05) is 10.7 Å². The molecule has 0 N–H and O–H groups in total. The predicted octanol–water partition coefficient (Wildman–Crippen LogP) is 5.52. The van der Waals surface area contributed by atoms with Gasteiger partial charge in [-0.2, -0.15) is 0 Å². The van der Waals surface area contributed by atoms with Crippen LogP contribution in [0.1, 0.15) is 24.0 Å². The van der Waals surface area contributed by atoms with Gasteiger partial charge in [-0.3, -0.25) is 0 Å². The summed E-state index contributed by atoms with van der Waals surface area (Å²) in [5.41, 5.74) is 5.99. The van der Waals surface area contributed by atoms with Gasteiger partial charge in [0.2, 0.25) is 0 Å². The summed E-state index contributed by atoms with van der Waals surface area (Å²) < 4.78 is 0.